The molecule has 0 unspecified atom stereocenters. The minimum absolute atomic E-state index is 0.237. The van der Waals surface area contributed by atoms with E-state index in [0.717, 1.165) is 0 Å². The van der Waals surface area contributed by atoms with E-state index < -0.39 is 16.7 Å². The molecule has 3 aromatic heterocycles. The lowest BCUT2D eigenvalue weighted by atomic mass is 9.91. The molecule has 2 aromatic carbocycles. The average molecular weight is 526 g/mol. The standard InChI is InChI=1S/C29H27N5O5/c1-19-26(28(35)32(30(19)3)21-11-7-5-8-12-21)24(17-15-23-16-18-25(39-23)34(37)38)27-20(2)31(4)33(29(27)36)22-13-9-6-10-14-22/h5-18,24H,1-4H3. The molecule has 0 N–H and O–H groups in total. The number of aromatic nitrogens is 4. The van der Waals surface area contributed by atoms with Gasteiger partial charge >= 0.3 is 5.88 Å². The number of furan rings is 1. The third kappa shape index (κ3) is 4.35. The Morgan fingerprint density at radius 2 is 1.23 bits per heavy atom. The van der Waals surface area contributed by atoms with Crippen molar-refractivity contribution in [3.05, 3.63) is 138 Å². The Morgan fingerprint density at radius 1 is 0.769 bits per heavy atom. The van der Waals surface area contributed by atoms with Gasteiger partial charge in [-0.3, -0.25) is 29.1 Å². The Balaban J connectivity index is 1.76. The zero-order valence-electron chi connectivity index (χ0n) is 21.9. The van der Waals surface area contributed by atoms with Crippen molar-refractivity contribution in [2.45, 2.75) is 19.8 Å². The Labute approximate surface area is 223 Å². The fourth-order valence-electron chi connectivity index (χ4n) is 4.95. The molecule has 39 heavy (non-hydrogen) atoms. The lowest BCUT2D eigenvalue weighted by molar-refractivity contribution is -0.402. The summed E-state index contributed by atoms with van der Waals surface area (Å²) in [6, 6.07) is 21.3. The van der Waals surface area contributed by atoms with Crippen molar-refractivity contribution in [2.24, 2.45) is 14.1 Å². The minimum Gasteiger partial charge on any atom is -0.401 e. The number of para-hydroxylation sites is 2. The molecule has 0 aliphatic carbocycles. The van der Waals surface area contributed by atoms with Gasteiger partial charge in [0.05, 0.1) is 28.6 Å². The van der Waals surface area contributed by atoms with Gasteiger partial charge in [-0.1, -0.05) is 42.5 Å². The summed E-state index contributed by atoms with van der Waals surface area (Å²) in [4.78, 5) is 38.5. The maximum Gasteiger partial charge on any atom is 0.433 e. The zero-order valence-corrected chi connectivity index (χ0v) is 21.9. The van der Waals surface area contributed by atoms with E-state index in [4.69, 9.17) is 4.42 Å². The van der Waals surface area contributed by atoms with Crippen LogP contribution in [0.25, 0.3) is 17.5 Å². The van der Waals surface area contributed by atoms with Gasteiger partial charge in [0.2, 0.25) is 0 Å². The van der Waals surface area contributed by atoms with Crippen LogP contribution in [0.4, 0.5) is 5.88 Å². The van der Waals surface area contributed by atoms with Crippen molar-refractivity contribution < 1.29 is 9.34 Å². The van der Waals surface area contributed by atoms with E-state index in [1.54, 1.807) is 45.0 Å². The van der Waals surface area contributed by atoms with Gasteiger partial charge in [0.15, 0.2) is 0 Å². The molecule has 0 spiro atoms. The summed E-state index contributed by atoms with van der Waals surface area (Å²) in [6.45, 7) is 3.67. The number of hydrogen-bond donors (Lipinski definition) is 0. The van der Waals surface area contributed by atoms with Crippen molar-refractivity contribution in [3.8, 4) is 11.4 Å². The van der Waals surface area contributed by atoms with Crippen LogP contribution in [0.15, 0.2) is 92.9 Å². The molecule has 0 aliphatic heterocycles. The fourth-order valence-corrected chi connectivity index (χ4v) is 4.95. The van der Waals surface area contributed by atoms with E-state index in [-0.39, 0.29) is 16.9 Å². The first-order valence-electron chi connectivity index (χ1n) is 12.3. The number of rotatable bonds is 7. The molecule has 0 fully saturated rings. The summed E-state index contributed by atoms with van der Waals surface area (Å²) in [6.07, 6.45) is 3.26. The predicted octanol–water partition coefficient (Wildman–Crippen LogP) is 4.63. The predicted molar refractivity (Wildman–Crippen MR) is 148 cm³/mol. The van der Waals surface area contributed by atoms with Crippen molar-refractivity contribution in [3.63, 3.8) is 0 Å². The van der Waals surface area contributed by atoms with Crippen molar-refractivity contribution >= 4 is 12.0 Å². The highest BCUT2D eigenvalue weighted by Gasteiger charge is 2.30. The molecule has 10 heteroatoms. The molecule has 0 saturated heterocycles. The molecule has 0 radical (unpaired) electrons. The molecular weight excluding hydrogens is 498 g/mol. The SMILES string of the molecule is Cc1c(C(C=Cc2ccc([N+](=O)[O-])o2)c2c(C)n(C)n(-c3ccccc3)c2=O)c(=O)n(-c2ccccc2)n1C. The third-order valence-electron chi connectivity index (χ3n) is 7.06. The van der Waals surface area contributed by atoms with Crippen molar-refractivity contribution in [1.82, 2.24) is 18.7 Å². The lowest BCUT2D eigenvalue weighted by Crippen LogP contribution is -2.25. The monoisotopic (exact) mass is 525 g/mol. The molecule has 198 valence electrons. The summed E-state index contributed by atoms with van der Waals surface area (Å²) in [5.41, 5.74) is 3.04. The highest BCUT2D eigenvalue weighted by atomic mass is 16.6. The summed E-state index contributed by atoms with van der Waals surface area (Å²) >= 11 is 0. The van der Waals surface area contributed by atoms with Crippen molar-refractivity contribution in [2.75, 3.05) is 0 Å². The van der Waals surface area contributed by atoms with Crippen LogP contribution in [0, 0.1) is 24.0 Å². The second-order valence-corrected chi connectivity index (χ2v) is 9.22. The van der Waals surface area contributed by atoms with Crippen LogP contribution in [-0.4, -0.2) is 23.7 Å². The number of hydrogen-bond acceptors (Lipinski definition) is 5. The Hall–Kier alpha value is -5.12. The number of allylic oxidation sites excluding steroid dienone is 1. The zero-order chi connectivity index (χ0) is 27.8. The van der Waals surface area contributed by atoms with Crippen molar-refractivity contribution in [1.29, 1.82) is 0 Å². The second-order valence-electron chi connectivity index (χ2n) is 9.22. The summed E-state index contributed by atoms with van der Waals surface area (Å²) < 4.78 is 12.0. The normalized spacial score (nSPS) is 11.6. The molecule has 5 aromatic rings. The summed E-state index contributed by atoms with van der Waals surface area (Å²) in [5, 5.41) is 11.1. The van der Waals surface area contributed by atoms with Gasteiger partial charge < -0.3 is 4.42 Å². The molecule has 0 aliphatic rings. The Kier molecular flexibility index (Phi) is 6.53. The van der Waals surface area contributed by atoms with E-state index in [1.807, 2.05) is 74.5 Å². The first kappa shape index (κ1) is 25.5. The number of nitro groups is 1. The van der Waals surface area contributed by atoms with E-state index in [2.05, 4.69) is 0 Å². The largest absolute Gasteiger partial charge is 0.433 e. The molecule has 0 bridgehead atoms. The van der Waals surface area contributed by atoms with Crippen LogP contribution in [0.2, 0.25) is 0 Å². The Bertz CT molecular complexity index is 1710. The van der Waals surface area contributed by atoms with Crippen LogP contribution in [0.3, 0.4) is 0 Å². The number of nitrogens with zero attached hydrogens (tertiary/aromatic N) is 5. The average Bonchev–Trinajstić information content (AvgIpc) is 3.56. The fraction of sp³-hybridized carbons (Fsp3) is 0.172. The van der Waals surface area contributed by atoms with E-state index >= 15 is 0 Å². The van der Waals surface area contributed by atoms with Crippen LogP contribution < -0.4 is 11.1 Å². The molecule has 5 rings (SSSR count). The van der Waals surface area contributed by atoms with Crippen LogP contribution in [0.1, 0.15) is 34.2 Å². The van der Waals surface area contributed by atoms with Gasteiger partial charge in [0.1, 0.15) is 10.7 Å². The smallest absolute Gasteiger partial charge is 0.401 e. The summed E-state index contributed by atoms with van der Waals surface area (Å²) in [7, 11) is 3.59. The summed E-state index contributed by atoms with van der Waals surface area (Å²) in [5.74, 6) is -0.919. The first-order valence-corrected chi connectivity index (χ1v) is 12.3. The van der Waals surface area contributed by atoms with Gasteiger partial charge in [-0.25, -0.2) is 9.36 Å². The maximum absolute atomic E-state index is 14.0. The van der Waals surface area contributed by atoms with Gasteiger partial charge in [-0.2, -0.15) is 0 Å². The minimum atomic E-state index is -0.763. The van der Waals surface area contributed by atoms with Crippen LogP contribution >= 0.6 is 0 Å². The van der Waals surface area contributed by atoms with E-state index in [1.165, 1.54) is 12.1 Å². The van der Waals surface area contributed by atoms with E-state index in [9.17, 15) is 19.7 Å². The highest BCUT2D eigenvalue weighted by Crippen LogP contribution is 2.30. The number of benzene rings is 2. The van der Waals surface area contributed by atoms with Gasteiger partial charge in [0, 0.05) is 31.4 Å². The molecule has 0 amide bonds. The lowest BCUT2D eigenvalue weighted by Gasteiger charge is -2.11. The highest BCUT2D eigenvalue weighted by molar-refractivity contribution is 5.52. The topological polar surface area (TPSA) is 110 Å². The molecule has 3 heterocycles. The van der Waals surface area contributed by atoms with Crippen LogP contribution in [0.5, 0.6) is 0 Å². The van der Waals surface area contributed by atoms with Gasteiger partial charge in [-0.15, -0.1) is 0 Å². The maximum atomic E-state index is 14.0. The molecule has 0 atom stereocenters. The van der Waals surface area contributed by atoms with Gasteiger partial charge in [0.25, 0.3) is 11.1 Å². The first-order chi connectivity index (χ1) is 18.7. The molecule has 0 saturated carbocycles. The third-order valence-corrected chi connectivity index (χ3v) is 7.06. The molecular formula is C29H27N5O5. The van der Waals surface area contributed by atoms with Crippen LogP contribution in [-0.2, 0) is 14.1 Å². The van der Waals surface area contributed by atoms with Gasteiger partial charge in [-0.05, 0) is 50.3 Å². The Morgan fingerprint density at radius 3 is 1.64 bits per heavy atom. The van der Waals surface area contributed by atoms with E-state index in [0.29, 0.717) is 33.9 Å². The second kappa shape index (κ2) is 9.97. The quantitative estimate of drug-likeness (QED) is 0.227. The molecule has 10 nitrogen and oxygen atoms in total.